The molecule has 0 saturated carbocycles. The van der Waals surface area contributed by atoms with Crippen LogP contribution in [0.3, 0.4) is 0 Å². The van der Waals surface area contributed by atoms with E-state index in [1.54, 1.807) is 24.3 Å². The summed E-state index contributed by atoms with van der Waals surface area (Å²) in [6, 6.07) is 7.93. The summed E-state index contributed by atoms with van der Waals surface area (Å²) in [5.74, 6) is 0.471. The normalized spacial score (nSPS) is 10.3. The monoisotopic (exact) mass is 416 g/mol. The zero-order chi connectivity index (χ0) is 15.4. The minimum Gasteiger partial charge on any atom is -0.493 e. The lowest BCUT2D eigenvalue weighted by atomic mass is 10.2. The molecule has 0 fully saturated rings. The van der Waals surface area contributed by atoms with Crippen LogP contribution in [-0.2, 0) is 6.61 Å². The van der Waals surface area contributed by atoms with Gasteiger partial charge in [-0.2, -0.15) is 0 Å². The largest absolute Gasteiger partial charge is 0.493 e. The molecule has 0 aliphatic rings. The Kier molecular flexibility index (Phi) is 5.36. The van der Waals surface area contributed by atoms with Gasteiger partial charge in [-0.25, -0.2) is 4.39 Å². The first-order valence-corrected chi connectivity index (χ1v) is 7.53. The van der Waals surface area contributed by atoms with Crippen molar-refractivity contribution >= 4 is 38.1 Å². The molecule has 0 saturated heterocycles. The van der Waals surface area contributed by atoms with Gasteiger partial charge in [0.2, 0.25) is 0 Å². The van der Waals surface area contributed by atoms with Crippen LogP contribution < -0.4 is 9.47 Å². The van der Waals surface area contributed by atoms with Gasteiger partial charge in [-0.3, -0.25) is 4.79 Å². The molecule has 0 spiro atoms. The van der Waals surface area contributed by atoms with E-state index in [0.29, 0.717) is 37.9 Å². The van der Waals surface area contributed by atoms with E-state index in [9.17, 15) is 9.18 Å². The number of benzene rings is 2. The molecule has 0 aromatic heterocycles. The van der Waals surface area contributed by atoms with Crippen molar-refractivity contribution in [2.75, 3.05) is 7.11 Å². The fourth-order valence-electron chi connectivity index (χ4n) is 1.74. The van der Waals surface area contributed by atoms with E-state index in [-0.39, 0.29) is 12.4 Å². The number of hydrogen-bond acceptors (Lipinski definition) is 3. The summed E-state index contributed by atoms with van der Waals surface area (Å²) in [6.45, 7) is 0.0501. The number of carbonyl (C=O) groups excluding carboxylic acids is 1. The third-order valence-corrected chi connectivity index (χ3v) is 3.86. The highest BCUT2D eigenvalue weighted by molar-refractivity contribution is 9.10. The Morgan fingerprint density at radius 1 is 1.24 bits per heavy atom. The summed E-state index contributed by atoms with van der Waals surface area (Å²) >= 11 is 6.52. The quantitative estimate of drug-likeness (QED) is 0.658. The van der Waals surface area contributed by atoms with Crippen molar-refractivity contribution in [3.05, 3.63) is 56.2 Å². The highest BCUT2D eigenvalue weighted by Crippen LogP contribution is 2.37. The summed E-state index contributed by atoms with van der Waals surface area (Å²) < 4.78 is 25.8. The number of carbonyl (C=O) groups is 1. The van der Waals surface area contributed by atoms with E-state index >= 15 is 0 Å². The highest BCUT2D eigenvalue weighted by atomic mass is 79.9. The average molecular weight is 418 g/mol. The molecule has 0 aliphatic carbocycles. The van der Waals surface area contributed by atoms with Crippen molar-refractivity contribution < 1.29 is 18.7 Å². The molecule has 2 rings (SSSR count). The fraction of sp³-hybridized carbons (Fsp3) is 0.133. The third kappa shape index (κ3) is 3.83. The predicted molar refractivity (Wildman–Crippen MR) is 84.5 cm³/mol. The van der Waals surface area contributed by atoms with Crippen molar-refractivity contribution in [1.82, 2.24) is 0 Å². The number of methoxy groups -OCH3 is 1. The van der Waals surface area contributed by atoms with Crippen LogP contribution in [0.2, 0.25) is 0 Å². The number of hydrogen-bond donors (Lipinski definition) is 0. The van der Waals surface area contributed by atoms with Gasteiger partial charge in [-0.1, -0.05) is 22.0 Å². The second kappa shape index (κ2) is 7.04. The standard InChI is InChI=1S/C15H11Br2FO3/c1-20-14-5-9(7-19)4-12(17)15(14)21-8-10-2-3-11(16)6-13(10)18/h2-7H,8H2,1H3. The van der Waals surface area contributed by atoms with Gasteiger partial charge in [-0.05, 0) is 40.2 Å². The number of aldehydes is 1. The smallest absolute Gasteiger partial charge is 0.175 e. The van der Waals surface area contributed by atoms with Crippen molar-refractivity contribution in [3.63, 3.8) is 0 Å². The molecule has 0 atom stereocenters. The van der Waals surface area contributed by atoms with Crippen LogP contribution in [0.15, 0.2) is 39.3 Å². The van der Waals surface area contributed by atoms with Crippen LogP contribution >= 0.6 is 31.9 Å². The Labute approximate surface area is 138 Å². The zero-order valence-electron chi connectivity index (χ0n) is 11.0. The van der Waals surface area contributed by atoms with Crippen LogP contribution in [-0.4, -0.2) is 13.4 Å². The molecule has 0 amide bonds. The molecular formula is C15H11Br2FO3. The zero-order valence-corrected chi connectivity index (χ0v) is 14.2. The fourth-order valence-corrected chi connectivity index (χ4v) is 2.64. The SMILES string of the molecule is COc1cc(C=O)cc(Br)c1OCc1ccc(Br)cc1F. The van der Waals surface area contributed by atoms with E-state index in [2.05, 4.69) is 31.9 Å². The molecule has 2 aromatic carbocycles. The van der Waals surface area contributed by atoms with Crippen LogP contribution in [0, 0.1) is 5.82 Å². The first kappa shape index (κ1) is 16.0. The number of ether oxygens (including phenoxy) is 2. The van der Waals surface area contributed by atoms with Crippen molar-refractivity contribution in [3.8, 4) is 11.5 Å². The van der Waals surface area contributed by atoms with E-state index in [1.165, 1.54) is 13.2 Å². The van der Waals surface area contributed by atoms with Gasteiger partial charge < -0.3 is 9.47 Å². The Bertz CT molecular complexity index is 674. The number of halogens is 3. The van der Waals surface area contributed by atoms with Gasteiger partial charge in [0.25, 0.3) is 0 Å². The summed E-state index contributed by atoms with van der Waals surface area (Å²) in [6.07, 6.45) is 0.714. The van der Waals surface area contributed by atoms with E-state index < -0.39 is 0 Å². The molecule has 6 heteroatoms. The first-order valence-electron chi connectivity index (χ1n) is 5.94. The molecule has 0 heterocycles. The molecule has 0 radical (unpaired) electrons. The lowest BCUT2D eigenvalue weighted by molar-refractivity contribution is 0.112. The molecule has 0 N–H and O–H groups in total. The van der Waals surface area contributed by atoms with Crippen LogP contribution in [0.1, 0.15) is 15.9 Å². The van der Waals surface area contributed by atoms with Gasteiger partial charge in [0.15, 0.2) is 11.5 Å². The van der Waals surface area contributed by atoms with Crippen molar-refractivity contribution in [1.29, 1.82) is 0 Å². The molecule has 0 aliphatic heterocycles. The summed E-state index contributed by atoms with van der Waals surface area (Å²) in [5.41, 5.74) is 0.882. The van der Waals surface area contributed by atoms with Gasteiger partial charge in [0.05, 0.1) is 11.6 Å². The molecule has 0 bridgehead atoms. The molecule has 2 aromatic rings. The Balaban J connectivity index is 2.25. The van der Waals surface area contributed by atoms with E-state index in [1.807, 2.05) is 0 Å². The van der Waals surface area contributed by atoms with Crippen molar-refractivity contribution in [2.24, 2.45) is 0 Å². The maximum Gasteiger partial charge on any atom is 0.175 e. The Hall–Kier alpha value is -1.40. The Morgan fingerprint density at radius 3 is 2.62 bits per heavy atom. The minimum atomic E-state index is -0.357. The van der Waals surface area contributed by atoms with Crippen LogP contribution in [0.5, 0.6) is 11.5 Å². The first-order chi connectivity index (χ1) is 10.0. The average Bonchev–Trinajstić information content (AvgIpc) is 2.46. The molecule has 110 valence electrons. The predicted octanol–water partition coefficient (Wildman–Crippen LogP) is 4.75. The lowest BCUT2D eigenvalue weighted by Gasteiger charge is -2.13. The van der Waals surface area contributed by atoms with Crippen molar-refractivity contribution in [2.45, 2.75) is 6.61 Å². The molecule has 0 unspecified atom stereocenters. The summed E-state index contributed by atoms with van der Waals surface area (Å²) in [4.78, 5) is 10.8. The molecule has 3 nitrogen and oxygen atoms in total. The second-order valence-corrected chi connectivity index (χ2v) is 5.95. The number of rotatable bonds is 5. The maximum atomic E-state index is 13.8. The highest BCUT2D eigenvalue weighted by Gasteiger charge is 2.13. The minimum absolute atomic E-state index is 0.0501. The molecular weight excluding hydrogens is 407 g/mol. The second-order valence-electron chi connectivity index (χ2n) is 4.18. The topological polar surface area (TPSA) is 35.5 Å². The summed E-state index contributed by atoms with van der Waals surface area (Å²) in [5, 5.41) is 0. The van der Waals surface area contributed by atoms with Gasteiger partial charge in [0.1, 0.15) is 18.7 Å². The lowest BCUT2D eigenvalue weighted by Crippen LogP contribution is -2.01. The summed E-state index contributed by atoms with van der Waals surface area (Å²) in [7, 11) is 1.48. The van der Waals surface area contributed by atoms with Gasteiger partial charge in [0, 0.05) is 15.6 Å². The molecule has 21 heavy (non-hydrogen) atoms. The van der Waals surface area contributed by atoms with Crippen LogP contribution in [0.4, 0.5) is 4.39 Å². The van der Waals surface area contributed by atoms with Crippen LogP contribution in [0.25, 0.3) is 0 Å². The maximum absolute atomic E-state index is 13.8. The van der Waals surface area contributed by atoms with E-state index in [0.717, 1.165) is 0 Å². The third-order valence-electron chi connectivity index (χ3n) is 2.77. The van der Waals surface area contributed by atoms with Gasteiger partial charge in [-0.15, -0.1) is 0 Å². The van der Waals surface area contributed by atoms with E-state index in [4.69, 9.17) is 9.47 Å². The van der Waals surface area contributed by atoms with Gasteiger partial charge >= 0.3 is 0 Å². The Morgan fingerprint density at radius 2 is 2.00 bits per heavy atom.